The molecule has 1 amide bonds. The normalized spacial score (nSPS) is 21.6. The van der Waals surface area contributed by atoms with Crippen molar-refractivity contribution in [3.8, 4) is 11.3 Å². The van der Waals surface area contributed by atoms with Gasteiger partial charge in [0.15, 0.2) is 5.69 Å². The van der Waals surface area contributed by atoms with Crippen LogP contribution < -0.4 is 5.32 Å². The third kappa shape index (κ3) is 4.44. The number of H-pyrrole nitrogens is 1. The van der Waals surface area contributed by atoms with Crippen molar-refractivity contribution >= 4 is 29.3 Å². The summed E-state index contributed by atoms with van der Waals surface area (Å²) in [4.78, 5) is 34.4. The monoisotopic (exact) mass is 441 g/mol. The van der Waals surface area contributed by atoms with Gasteiger partial charge >= 0.3 is 5.97 Å². The molecule has 2 aromatic heterocycles. The molecular formula is C20H23N7O5. The van der Waals surface area contributed by atoms with Crippen molar-refractivity contribution in [1.82, 2.24) is 35.4 Å². The number of aliphatic carboxylic acids is 1. The van der Waals surface area contributed by atoms with Crippen LogP contribution in [0.5, 0.6) is 0 Å². The second-order valence-corrected chi connectivity index (χ2v) is 7.85. The molecule has 2 bridgehead atoms. The quantitative estimate of drug-likeness (QED) is 0.411. The molecule has 3 aromatic rings. The lowest BCUT2D eigenvalue weighted by atomic mass is 9.84. The first-order valence-electron chi connectivity index (χ1n) is 10.2. The molecule has 5 heterocycles. The van der Waals surface area contributed by atoms with Gasteiger partial charge in [-0.15, -0.1) is 5.10 Å². The number of aromatic nitrogens is 5. The highest BCUT2D eigenvalue weighted by molar-refractivity contribution is 6.05. The van der Waals surface area contributed by atoms with Gasteiger partial charge in [0.05, 0.1) is 11.7 Å². The molecule has 32 heavy (non-hydrogen) atoms. The molecule has 6 rings (SSSR count). The maximum absolute atomic E-state index is 12.8. The van der Waals surface area contributed by atoms with E-state index in [2.05, 4.69) is 30.7 Å². The maximum Gasteiger partial charge on any atom is 0.325 e. The summed E-state index contributed by atoms with van der Waals surface area (Å²) >= 11 is 0. The molecule has 3 saturated heterocycles. The molecule has 1 aromatic carbocycles. The number of aromatic amines is 1. The lowest BCUT2D eigenvalue weighted by molar-refractivity contribution is -0.138. The Kier molecular flexibility index (Phi) is 6.12. The van der Waals surface area contributed by atoms with E-state index in [9.17, 15) is 9.59 Å². The molecule has 0 aliphatic carbocycles. The van der Waals surface area contributed by atoms with E-state index in [1.807, 2.05) is 18.2 Å². The van der Waals surface area contributed by atoms with Crippen molar-refractivity contribution < 1.29 is 24.6 Å². The van der Waals surface area contributed by atoms with Gasteiger partial charge in [-0.1, -0.05) is 11.3 Å². The Labute approximate surface area is 182 Å². The molecule has 0 saturated carbocycles. The molecular weight excluding hydrogens is 418 g/mol. The van der Waals surface area contributed by atoms with Gasteiger partial charge in [-0.05, 0) is 44.0 Å². The number of nitrogens with zero attached hydrogens (tertiary/aromatic N) is 5. The summed E-state index contributed by atoms with van der Waals surface area (Å²) in [5.41, 5.74) is 2.43. The van der Waals surface area contributed by atoms with Crippen LogP contribution in [0.1, 0.15) is 23.3 Å². The van der Waals surface area contributed by atoms with Crippen LogP contribution >= 0.6 is 0 Å². The number of amides is 1. The number of piperidine rings is 3. The van der Waals surface area contributed by atoms with Crippen molar-refractivity contribution in [3.63, 3.8) is 0 Å². The van der Waals surface area contributed by atoms with Crippen molar-refractivity contribution in [1.29, 1.82) is 0 Å². The summed E-state index contributed by atoms with van der Waals surface area (Å²) < 4.78 is 1.27. The van der Waals surface area contributed by atoms with Gasteiger partial charge < -0.3 is 20.4 Å². The molecule has 1 atom stereocenters. The molecule has 168 valence electrons. The molecule has 0 spiro atoms. The van der Waals surface area contributed by atoms with Crippen LogP contribution in [0.4, 0.5) is 0 Å². The third-order valence-electron chi connectivity index (χ3n) is 5.88. The van der Waals surface area contributed by atoms with E-state index in [1.165, 1.54) is 4.68 Å². The van der Waals surface area contributed by atoms with Gasteiger partial charge in [0.2, 0.25) is 0 Å². The Bertz CT molecular complexity index is 1130. The second-order valence-electron chi connectivity index (χ2n) is 7.85. The predicted octanol–water partition coefficient (Wildman–Crippen LogP) is 0.431. The minimum atomic E-state index is -0.982. The van der Waals surface area contributed by atoms with Crippen molar-refractivity contribution in [2.24, 2.45) is 5.92 Å². The highest BCUT2D eigenvalue weighted by atomic mass is 16.4. The summed E-state index contributed by atoms with van der Waals surface area (Å²) in [5.74, 6) is -0.589. The van der Waals surface area contributed by atoms with Gasteiger partial charge in [0.25, 0.3) is 12.4 Å². The van der Waals surface area contributed by atoms with Gasteiger partial charge in [-0.25, -0.2) is 4.68 Å². The second kappa shape index (κ2) is 9.14. The van der Waals surface area contributed by atoms with Crippen molar-refractivity contribution in [2.75, 3.05) is 19.6 Å². The first-order valence-corrected chi connectivity index (χ1v) is 10.2. The minimum absolute atomic E-state index is 0.157. The van der Waals surface area contributed by atoms with E-state index in [1.54, 1.807) is 6.20 Å². The first-order chi connectivity index (χ1) is 15.5. The molecule has 0 unspecified atom stereocenters. The largest absolute Gasteiger partial charge is 0.483 e. The van der Waals surface area contributed by atoms with Crippen LogP contribution in [0.15, 0.2) is 24.4 Å². The Morgan fingerprint density at radius 1 is 1.28 bits per heavy atom. The summed E-state index contributed by atoms with van der Waals surface area (Å²) in [5, 5.41) is 34.6. The third-order valence-corrected chi connectivity index (χ3v) is 5.88. The van der Waals surface area contributed by atoms with Crippen LogP contribution in [0.2, 0.25) is 0 Å². The number of nitrogens with one attached hydrogen (secondary N) is 2. The average Bonchev–Trinajstić information content (AvgIpc) is 3.41. The number of carbonyl (C=O) groups is 3. The van der Waals surface area contributed by atoms with E-state index < -0.39 is 5.97 Å². The highest BCUT2D eigenvalue weighted by Crippen LogP contribution is 2.28. The Balaban J connectivity index is 0.000000775. The van der Waals surface area contributed by atoms with Gasteiger partial charge in [0.1, 0.15) is 12.2 Å². The fourth-order valence-corrected chi connectivity index (χ4v) is 4.36. The lowest BCUT2D eigenvalue weighted by Crippen LogP contribution is -2.57. The molecule has 12 nitrogen and oxygen atoms in total. The van der Waals surface area contributed by atoms with Crippen LogP contribution in [-0.2, 0) is 16.1 Å². The van der Waals surface area contributed by atoms with Crippen LogP contribution in [-0.4, -0.2) is 84.3 Å². The Morgan fingerprint density at radius 3 is 2.69 bits per heavy atom. The predicted molar refractivity (Wildman–Crippen MR) is 112 cm³/mol. The number of carbonyl (C=O) groups excluding carboxylic acids is 1. The van der Waals surface area contributed by atoms with E-state index >= 15 is 0 Å². The Morgan fingerprint density at radius 2 is 2.03 bits per heavy atom. The smallest absolute Gasteiger partial charge is 0.325 e. The SMILES string of the molecule is O=C(O)Cn1cc(-c2ccc3c(C(=O)N[C@H]4CN5CCC4CC5)n[nH]c3c2)nn1.O=CO. The zero-order valence-electron chi connectivity index (χ0n) is 17.1. The van der Waals surface area contributed by atoms with Gasteiger partial charge in [-0.2, -0.15) is 5.10 Å². The fraction of sp³-hybridized carbons (Fsp3) is 0.400. The minimum Gasteiger partial charge on any atom is -0.483 e. The number of hydrogen-bond acceptors (Lipinski definition) is 7. The lowest BCUT2D eigenvalue weighted by Gasteiger charge is -2.44. The standard InChI is InChI=1S/C19H21N7O3.CH2O2/c27-17(28)10-26-9-16(22-24-26)12-1-2-13-14(7-12)21-23-18(13)19(29)20-15-8-25-5-3-11(15)4-6-25;2-1-3/h1-2,7,9,11,15H,3-6,8,10H2,(H,20,29)(H,21,23)(H,27,28);1H,(H,2,3)/t15-;/m0./s1. The molecule has 3 fully saturated rings. The van der Waals surface area contributed by atoms with E-state index in [0.29, 0.717) is 22.8 Å². The topological polar surface area (TPSA) is 166 Å². The number of benzene rings is 1. The van der Waals surface area contributed by atoms with E-state index in [0.717, 1.165) is 43.4 Å². The summed E-state index contributed by atoms with van der Waals surface area (Å²) in [6.07, 6.45) is 3.85. The summed E-state index contributed by atoms with van der Waals surface area (Å²) in [7, 11) is 0. The van der Waals surface area contributed by atoms with E-state index in [-0.39, 0.29) is 25.0 Å². The van der Waals surface area contributed by atoms with Crippen LogP contribution in [0.3, 0.4) is 0 Å². The molecule has 3 aliphatic rings. The number of hydrogen-bond donors (Lipinski definition) is 4. The van der Waals surface area contributed by atoms with Gasteiger partial charge in [-0.3, -0.25) is 19.5 Å². The van der Waals surface area contributed by atoms with E-state index in [4.69, 9.17) is 15.0 Å². The fourth-order valence-electron chi connectivity index (χ4n) is 4.36. The van der Waals surface area contributed by atoms with Gasteiger partial charge in [0, 0.05) is 23.5 Å². The molecule has 0 radical (unpaired) electrons. The van der Waals surface area contributed by atoms with Crippen LogP contribution in [0, 0.1) is 5.92 Å². The number of rotatable bonds is 5. The molecule has 3 aliphatic heterocycles. The van der Waals surface area contributed by atoms with Crippen molar-refractivity contribution in [2.45, 2.75) is 25.4 Å². The number of carboxylic acid groups (broad SMARTS) is 2. The summed E-state index contributed by atoms with van der Waals surface area (Å²) in [6.45, 7) is 2.67. The average molecular weight is 441 g/mol. The number of carboxylic acids is 1. The molecule has 4 N–H and O–H groups in total. The van der Waals surface area contributed by atoms with Crippen molar-refractivity contribution in [3.05, 3.63) is 30.1 Å². The highest BCUT2D eigenvalue weighted by Gasteiger charge is 2.35. The first kappa shape index (κ1) is 21.4. The van der Waals surface area contributed by atoms with Crippen LogP contribution in [0.25, 0.3) is 22.2 Å². The zero-order valence-corrected chi connectivity index (χ0v) is 17.1. The number of fused-ring (bicyclic) bond motifs is 4. The molecule has 12 heteroatoms. The zero-order chi connectivity index (χ0) is 22.7. The summed E-state index contributed by atoms with van der Waals surface area (Å²) in [6, 6.07) is 5.68. The maximum atomic E-state index is 12.8. The Hall–Kier alpha value is -3.80.